The van der Waals surface area contributed by atoms with Crippen molar-refractivity contribution >= 4 is 11.9 Å². The third kappa shape index (κ3) is 6.65. The number of amides is 1. The normalized spacial score (nSPS) is 11.3. The minimum absolute atomic E-state index is 0. The first-order valence-corrected chi connectivity index (χ1v) is 2.28. The van der Waals surface area contributed by atoms with Crippen LogP contribution >= 0.6 is 0 Å². The van der Waals surface area contributed by atoms with Crippen molar-refractivity contribution in [3.63, 3.8) is 0 Å². The number of carboxylic acids is 1. The van der Waals surface area contributed by atoms with E-state index >= 15 is 0 Å². The molecular formula is C4H7KN2O3. The quantitative estimate of drug-likeness (QED) is 0.411. The molecule has 0 radical (unpaired) electrons. The summed E-state index contributed by atoms with van der Waals surface area (Å²) < 4.78 is 0. The van der Waals surface area contributed by atoms with Gasteiger partial charge in [0.25, 0.3) is 0 Å². The van der Waals surface area contributed by atoms with Crippen LogP contribution in [0.3, 0.4) is 0 Å². The van der Waals surface area contributed by atoms with Crippen molar-refractivity contribution in [1.29, 1.82) is 0 Å². The molecule has 0 saturated heterocycles. The van der Waals surface area contributed by atoms with Gasteiger partial charge in [-0.25, -0.2) is 0 Å². The van der Waals surface area contributed by atoms with E-state index in [0.717, 1.165) is 0 Å². The van der Waals surface area contributed by atoms with Gasteiger partial charge in [0.1, 0.15) is 0 Å². The zero-order chi connectivity index (χ0) is 7.44. The second kappa shape index (κ2) is 6.26. The van der Waals surface area contributed by atoms with Crippen LogP contribution in [0.1, 0.15) is 6.42 Å². The molecule has 52 valence electrons. The first-order chi connectivity index (χ1) is 4.04. The van der Waals surface area contributed by atoms with Crippen LogP contribution in [-0.2, 0) is 9.59 Å². The van der Waals surface area contributed by atoms with Gasteiger partial charge in [0.2, 0.25) is 5.91 Å². The third-order valence-corrected chi connectivity index (χ3v) is 0.724. The molecule has 5 nitrogen and oxygen atoms in total. The average Bonchev–Trinajstić information content (AvgIpc) is 1.63. The Balaban J connectivity index is 0. The van der Waals surface area contributed by atoms with Crippen LogP contribution in [-0.4, -0.2) is 17.9 Å². The summed E-state index contributed by atoms with van der Waals surface area (Å²) in [6.45, 7) is 0. The van der Waals surface area contributed by atoms with E-state index in [1.54, 1.807) is 0 Å². The molecule has 0 fully saturated rings. The van der Waals surface area contributed by atoms with Gasteiger partial charge >= 0.3 is 51.4 Å². The van der Waals surface area contributed by atoms with Gasteiger partial charge in [-0.3, -0.25) is 4.79 Å². The topological polar surface area (TPSA) is 109 Å². The molecule has 0 aromatic carbocycles. The fourth-order valence-corrected chi connectivity index (χ4v) is 0.300. The average molecular weight is 170 g/mol. The van der Waals surface area contributed by atoms with Crippen molar-refractivity contribution < 1.29 is 66.1 Å². The van der Waals surface area contributed by atoms with Crippen LogP contribution in [0.2, 0.25) is 0 Å². The summed E-state index contributed by atoms with van der Waals surface area (Å²) in [6, 6.07) is -1.28. The summed E-state index contributed by atoms with van der Waals surface area (Å²) in [5.74, 6) is -2.21. The molecule has 0 unspecified atom stereocenters. The Hall–Kier alpha value is 0.536. The van der Waals surface area contributed by atoms with Crippen LogP contribution < -0.4 is 68.0 Å². The number of aliphatic carboxylic acids is 1. The summed E-state index contributed by atoms with van der Waals surface area (Å²) in [5, 5.41) is 9.79. The minimum atomic E-state index is -1.46. The van der Waals surface area contributed by atoms with Crippen molar-refractivity contribution in [3.8, 4) is 0 Å². The van der Waals surface area contributed by atoms with E-state index in [1.165, 1.54) is 0 Å². The van der Waals surface area contributed by atoms with Gasteiger partial charge in [0.05, 0.1) is 12.0 Å². The van der Waals surface area contributed by atoms with E-state index in [9.17, 15) is 14.7 Å². The summed E-state index contributed by atoms with van der Waals surface area (Å²) in [4.78, 5) is 19.8. The van der Waals surface area contributed by atoms with E-state index in [4.69, 9.17) is 5.73 Å². The van der Waals surface area contributed by atoms with Gasteiger partial charge in [0.15, 0.2) is 0 Å². The van der Waals surface area contributed by atoms with Gasteiger partial charge in [-0.1, -0.05) is 0 Å². The first-order valence-electron chi connectivity index (χ1n) is 2.28. The van der Waals surface area contributed by atoms with Crippen molar-refractivity contribution in [1.82, 2.24) is 0 Å². The van der Waals surface area contributed by atoms with Crippen LogP contribution in [0.5, 0.6) is 0 Å². The Kier molecular flexibility index (Phi) is 8.23. The fraction of sp³-hybridized carbons (Fsp3) is 0.500. The molecule has 0 bridgehead atoms. The molecule has 0 aliphatic carbocycles. The number of carboxylic acid groups (broad SMARTS) is 1. The zero-order valence-electron chi connectivity index (χ0n) is 5.66. The predicted octanol–water partition coefficient (Wildman–Crippen LogP) is -6.06. The zero-order valence-corrected chi connectivity index (χ0v) is 8.79. The Morgan fingerprint density at radius 3 is 2.00 bits per heavy atom. The van der Waals surface area contributed by atoms with E-state index in [2.05, 4.69) is 5.73 Å². The monoisotopic (exact) mass is 170 g/mol. The number of hydrogen-bond donors (Lipinski definition) is 2. The van der Waals surface area contributed by atoms with Crippen molar-refractivity contribution in [2.24, 2.45) is 11.5 Å². The first kappa shape index (κ1) is 13.1. The number of nitrogens with two attached hydrogens (primary N) is 2. The molecule has 10 heavy (non-hydrogen) atoms. The van der Waals surface area contributed by atoms with Crippen molar-refractivity contribution in [2.75, 3.05) is 0 Å². The largest absolute Gasteiger partial charge is 1.00 e. The molecule has 1 atom stereocenters. The van der Waals surface area contributed by atoms with Gasteiger partial charge in [-0.2, -0.15) is 0 Å². The molecule has 4 N–H and O–H groups in total. The molecule has 0 saturated carbocycles. The smallest absolute Gasteiger partial charge is 0.548 e. The molecular weight excluding hydrogens is 163 g/mol. The number of hydrogen-bond acceptors (Lipinski definition) is 4. The molecule has 0 aliphatic heterocycles. The minimum Gasteiger partial charge on any atom is -0.548 e. The molecule has 0 aromatic rings. The molecule has 0 aromatic heterocycles. The van der Waals surface area contributed by atoms with Crippen LogP contribution in [0.15, 0.2) is 0 Å². The molecule has 0 rings (SSSR count). The maximum atomic E-state index is 9.97. The Morgan fingerprint density at radius 2 is 1.90 bits per heavy atom. The van der Waals surface area contributed by atoms with E-state index in [0.29, 0.717) is 0 Å². The predicted molar refractivity (Wildman–Crippen MR) is 26.8 cm³/mol. The molecule has 6 heteroatoms. The number of carbonyl (C=O) groups is 2. The van der Waals surface area contributed by atoms with E-state index in [1.807, 2.05) is 0 Å². The SMILES string of the molecule is NC(=O)C[C@H](N)C(=O)[O-].[K+]. The van der Waals surface area contributed by atoms with Crippen LogP contribution in [0, 0.1) is 0 Å². The maximum absolute atomic E-state index is 9.97. The Labute approximate surface area is 101 Å². The molecule has 0 aliphatic rings. The third-order valence-electron chi connectivity index (χ3n) is 0.724. The van der Waals surface area contributed by atoms with Crippen molar-refractivity contribution in [2.45, 2.75) is 12.5 Å². The summed E-state index contributed by atoms with van der Waals surface area (Å²) in [6.07, 6.45) is -0.373. The molecule has 0 spiro atoms. The van der Waals surface area contributed by atoms with Gasteiger partial charge in [0, 0.05) is 6.42 Å². The number of carbonyl (C=O) groups excluding carboxylic acids is 2. The second-order valence-electron chi connectivity index (χ2n) is 1.60. The summed E-state index contributed by atoms with van der Waals surface area (Å²) in [5.41, 5.74) is 9.48. The number of primary amides is 1. The van der Waals surface area contributed by atoms with Crippen LogP contribution in [0.25, 0.3) is 0 Å². The summed E-state index contributed by atoms with van der Waals surface area (Å²) in [7, 11) is 0. The summed E-state index contributed by atoms with van der Waals surface area (Å²) >= 11 is 0. The van der Waals surface area contributed by atoms with E-state index < -0.39 is 17.9 Å². The second-order valence-corrected chi connectivity index (χ2v) is 1.60. The van der Waals surface area contributed by atoms with Gasteiger partial charge in [-0.05, 0) is 0 Å². The standard InChI is InChI=1S/C4H8N2O3.K/c5-2(4(8)9)1-3(6)7;/h2H,1,5H2,(H2,6,7)(H,8,9);/q;+1/p-1/t2-;/m0./s1. The van der Waals surface area contributed by atoms with Crippen molar-refractivity contribution in [3.05, 3.63) is 0 Å². The van der Waals surface area contributed by atoms with E-state index in [-0.39, 0.29) is 57.8 Å². The fourth-order valence-electron chi connectivity index (χ4n) is 0.300. The Bertz CT molecular complexity index is 138. The molecule has 0 heterocycles. The van der Waals surface area contributed by atoms with Gasteiger partial charge in [-0.15, -0.1) is 0 Å². The molecule has 1 amide bonds. The maximum Gasteiger partial charge on any atom is 1.00 e. The van der Waals surface area contributed by atoms with Crippen LogP contribution in [0.4, 0.5) is 0 Å². The van der Waals surface area contributed by atoms with Gasteiger partial charge < -0.3 is 21.4 Å². The number of rotatable bonds is 3. The Morgan fingerprint density at radius 1 is 1.50 bits per heavy atom.